The van der Waals surface area contributed by atoms with Crippen molar-refractivity contribution >= 4 is 31.9 Å². The lowest BCUT2D eigenvalue weighted by molar-refractivity contribution is 0.405. The van der Waals surface area contributed by atoms with Crippen molar-refractivity contribution in [1.82, 2.24) is 5.32 Å². The third-order valence-corrected chi connectivity index (χ3v) is 5.37. The van der Waals surface area contributed by atoms with Crippen molar-refractivity contribution in [2.45, 2.75) is 19.9 Å². The van der Waals surface area contributed by atoms with Crippen LogP contribution in [0.4, 0.5) is 0 Å². The number of nitrogens with one attached hydrogen (secondary N) is 1. The number of hydrogen-bond acceptors (Lipinski definition) is 2. The Bertz CT molecular complexity index is 655. The van der Waals surface area contributed by atoms with Crippen molar-refractivity contribution in [2.24, 2.45) is 0 Å². The molecule has 21 heavy (non-hydrogen) atoms. The van der Waals surface area contributed by atoms with Gasteiger partial charge in [-0.3, -0.25) is 0 Å². The van der Waals surface area contributed by atoms with Gasteiger partial charge in [-0.25, -0.2) is 0 Å². The highest BCUT2D eigenvalue weighted by atomic mass is 79.9. The molecule has 2 nitrogen and oxygen atoms in total. The molecule has 0 fully saturated rings. The van der Waals surface area contributed by atoms with Gasteiger partial charge in [0, 0.05) is 14.5 Å². The molecule has 4 heteroatoms. The van der Waals surface area contributed by atoms with Crippen LogP contribution in [0.15, 0.2) is 39.3 Å². The number of halogens is 2. The first kappa shape index (κ1) is 16.5. The van der Waals surface area contributed by atoms with E-state index in [9.17, 15) is 0 Å². The Morgan fingerprint density at radius 3 is 2.24 bits per heavy atom. The van der Waals surface area contributed by atoms with Gasteiger partial charge in [-0.05, 0) is 55.8 Å². The lowest BCUT2D eigenvalue weighted by atomic mass is 9.96. The van der Waals surface area contributed by atoms with Crippen LogP contribution in [0, 0.1) is 13.8 Å². The van der Waals surface area contributed by atoms with Gasteiger partial charge in [-0.2, -0.15) is 0 Å². The van der Waals surface area contributed by atoms with Crippen LogP contribution in [0.5, 0.6) is 5.75 Å². The zero-order valence-electron chi connectivity index (χ0n) is 12.6. The van der Waals surface area contributed by atoms with E-state index in [1.54, 1.807) is 7.11 Å². The second-order valence-electron chi connectivity index (χ2n) is 5.07. The molecule has 2 rings (SSSR count). The Kier molecular flexibility index (Phi) is 5.47. The molecule has 2 aromatic rings. The fraction of sp³-hybridized carbons (Fsp3) is 0.294. The minimum Gasteiger partial charge on any atom is -0.496 e. The van der Waals surface area contributed by atoms with Crippen molar-refractivity contribution in [1.29, 1.82) is 0 Å². The van der Waals surface area contributed by atoms with Gasteiger partial charge in [0.25, 0.3) is 0 Å². The summed E-state index contributed by atoms with van der Waals surface area (Å²) in [6.45, 7) is 4.16. The lowest BCUT2D eigenvalue weighted by Gasteiger charge is -2.21. The molecule has 0 heterocycles. The summed E-state index contributed by atoms with van der Waals surface area (Å²) in [7, 11) is 3.68. The van der Waals surface area contributed by atoms with Gasteiger partial charge in [0.05, 0.1) is 13.2 Å². The number of ether oxygens (including phenoxy) is 1. The SMILES string of the molecule is CNC(c1ccc(Br)c(C)c1)c1cc(Br)c(C)cc1OC. The van der Waals surface area contributed by atoms with Crippen LogP contribution in [-0.4, -0.2) is 14.2 Å². The van der Waals surface area contributed by atoms with E-state index >= 15 is 0 Å². The highest BCUT2D eigenvalue weighted by Crippen LogP contribution is 2.35. The van der Waals surface area contributed by atoms with Crippen molar-refractivity contribution in [3.05, 3.63) is 61.5 Å². The van der Waals surface area contributed by atoms with Crippen LogP contribution in [-0.2, 0) is 0 Å². The zero-order valence-corrected chi connectivity index (χ0v) is 15.8. The average Bonchev–Trinajstić information content (AvgIpc) is 2.46. The summed E-state index contributed by atoms with van der Waals surface area (Å²) >= 11 is 7.17. The Labute approximate surface area is 143 Å². The Hall–Kier alpha value is -0.840. The lowest BCUT2D eigenvalue weighted by Crippen LogP contribution is -2.18. The summed E-state index contributed by atoms with van der Waals surface area (Å²) in [5.41, 5.74) is 4.72. The molecule has 1 unspecified atom stereocenters. The highest BCUT2D eigenvalue weighted by molar-refractivity contribution is 9.10. The van der Waals surface area contributed by atoms with Crippen LogP contribution >= 0.6 is 31.9 Å². The minimum atomic E-state index is 0.0867. The minimum absolute atomic E-state index is 0.0867. The fourth-order valence-electron chi connectivity index (χ4n) is 2.42. The summed E-state index contributed by atoms with van der Waals surface area (Å²) in [4.78, 5) is 0. The maximum Gasteiger partial charge on any atom is 0.124 e. The molecule has 0 saturated carbocycles. The molecule has 0 aliphatic heterocycles. The molecule has 0 spiro atoms. The number of benzene rings is 2. The molecule has 0 aromatic heterocycles. The summed E-state index contributed by atoms with van der Waals surface area (Å²) < 4.78 is 7.78. The molecule has 0 bridgehead atoms. The summed E-state index contributed by atoms with van der Waals surface area (Å²) in [6.07, 6.45) is 0. The molecule has 1 N–H and O–H groups in total. The van der Waals surface area contributed by atoms with Crippen LogP contribution in [0.25, 0.3) is 0 Å². The van der Waals surface area contributed by atoms with Gasteiger partial charge in [-0.1, -0.05) is 44.0 Å². The highest BCUT2D eigenvalue weighted by Gasteiger charge is 2.18. The van der Waals surface area contributed by atoms with Crippen LogP contribution < -0.4 is 10.1 Å². The van der Waals surface area contributed by atoms with Crippen molar-refractivity contribution in [3.8, 4) is 5.75 Å². The Balaban J connectivity index is 2.55. The van der Waals surface area contributed by atoms with Gasteiger partial charge in [0.2, 0.25) is 0 Å². The summed E-state index contributed by atoms with van der Waals surface area (Å²) in [6, 6.07) is 10.7. The molecule has 112 valence electrons. The third kappa shape index (κ3) is 3.50. The van der Waals surface area contributed by atoms with Crippen LogP contribution in [0.2, 0.25) is 0 Å². The molecule has 0 radical (unpaired) electrons. The summed E-state index contributed by atoms with van der Waals surface area (Å²) in [5, 5.41) is 3.39. The first-order chi connectivity index (χ1) is 9.97. The fourth-order valence-corrected chi connectivity index (χ4v) is 3.03. The van der Waals surface area contributed by atoms with E-state index in [1.165, 1.54) is 11.1 Å². The zero-order chi connectivity index (χ0) is 15.6. The van der Waals surface area contributed by atoms with Gasteiger partial charge < -0.3 is 10.1 Å². The smallest absolute Gasteiger partial charge is 0.124 e. The Morgan fingerprint density at radius 1 is 1.00 bits per heavy atom. The van der Waals surface area contributed by atoms with Crippen molar-refractivity contribution < 1.29 is 4.74 Å². The first-order valence-electron chi connectivity index (χ1n) is 6.75. The van der Waals surface area contributed by atoms with Gasteiger partial charge >= 0.3 is 0 Å². The molecule has 0 saturated heterocycles. The molecular formula is C17H19Br2NO. The monoisotopic (exact) mass is 411 g/mol. The van der Waals surface area contributed by atoms with E-state index in [1.807, 2.05) is 7.05 Å². The molecule has 0 amide bonds. The van der Waals surface area contributed by atoms with Gasteiger partial charge in [-0.15, -0.1) is 0 Å². The van der Waals surface area contributed by atoms with Crippen LogP contribution in [0.3, 0.4) is 0 Å². The molecule has 0 aliphatic carbocycles. The summed E-state index contributed by atoms with van der Waals surface area (Å²) in [5.74, 6) is 0.899. The van der Waals surface area contributed by atoms with Crippen molar-refractivity contribution in [2.75, 3.05) is 14.2 Å². The quantitative estimate of drug-likeness (QED) is 0.749. The van der Waals surface area contributed by atoms with E-state index in [0.717, 1.165) is 25.8 Å². The van der Waals surface area contributed by atoms with E-state index in [0.29, 0.717) is 0 Å². The molecule has 2 aromatic carbocycles. The number of methoxy groups -OCH3 is 1. The second kappa shape index (κ2) is 6.95. The third-order valence-electron chi connectivity index (χ3n) is 3.63. The van der Waals surface area contributed by atoms with Gasteiger partial charge in [0.1, 0.15) is 5.75 Å². The van der Waals surface area contributed by atoms with E-state index in [4.69, 9.17) is 4.74 Å². The molecular weight excluding hydrogens is 394 g/mol. The van der Waals surface area contributed by atoms with Crippen molar-refractivity contribution in [3.63, 3.8) is 0 Å². The van der Waals surface area contributed by atoms with E-state index in [-0.39, 0.29) is 6.04 Å². The normalized spacial score (nSPS) is 12.3. The number of hydrogen-bond donors (Lipinski definition) is 1. The predicted octanol–water partition coefficient (Wildman–Crippen LogP) is 5.15. The average molecular weight is 413 g/mol. The molecule has 1 atom stereocenters. The van der Waals surface area contributed by atoms with E-state index in [2.05, 4.69) is 81.4 Å². The maximum atomic E-state index is 5.57. The second-order valence-corrected chi connectivity index (χ2v) is 6.78. The van der Waals surface area contributed by atoms with E-state index < -0.39 is 0 Å². The topological polar surface area (TPSA) is 21.3 Å². The number of aryl methyl sites for hydroxylation is 2. The van der Waals surface area contributed by atoms with Crippen LogP contribution in [0.1, 0.15) is 28.3 Å². The van der Waals surface area contributed by atoms with Gasteiger partial charge in [0.15, 0.2) is 0 Å². The first-order valence-corrected chi connectivity index (χ1v) is 8.34. The largest absolute Gasteiger partial charge is 0.496 e. The Morgan fingerprint density at radius 2 is 1.67 bits per heavy atom. The molecule has 0 aliphatic rings. The standard InChI is InChI=1S/C17H19Br2NO/c1-10-7-12(5-6-14(10)18)17(20-3)13-9-15(19)11(2)8-16(13)21-4/h5-9,17,20H,1-4H3. The predicted molar refractivity (Wildman–Crippen MR) is 95.2 cm³/mol. The maximum absolute atomic E-state index is 5.57. The number of rotatable bonds is 4.